The van der Waals surface area contributed by atoms with E-state index in [1.54, 1.807) is 6.08 Å². The second-order valence-electron chi connectivity index (χ2n) is 9.64. The molecule has 0 radical (unpaired) electrons. The molecule has 0 bridgehead atoms. The maximum absolute atomic E-state index is 10.7. The molecule has 2 atom stereocenters. The van der Waals surface area contributed by atoms with Gasteiger partial charge in [-0.15, -0.1) is 6.58 Å². The van der Waals surface area contributed by atoms with Gasteiger partial charge in [0, 0.05) is 25.1 Å². The average molecular weight is 509 g/mol. The van der Waals surface area contributed by atoms with Gasteiger partial charge < -0.3 is 15.6 Å². The zero-order valence-electron chi connectivity index (χ0n) is 24.3. The summed E-state index contributed by atoms with van der Waals surface area (Å²) in [4.78, 5) is 2.54. The molecule has 37 heavy (non-hydrogen) atoms. The fraction of sp³-hybridized carbons (Fsp3) is 0.515. The Bertz CT molecular complexity index is 920. The highest BCUT2D eigenvalue weighted by Crippen LogP contribution is 2.40. The van der Waals surface area contributed by atoms with Crippen LogP contribution in [-0.2, 0) is 11.2 Å². The largest absolute Gasteiger partial charge is 0.507 e. The molecule has 3 rings (SSSR count). The summed E-state index contributed by atoms with van der Waals surface area (Å²) in [7, 11) is 0. The van der Waals surface area contributed by atoms with Crippen LogP contribution < -0.4 is 5.73 Å². The Labute approximate surface area is 227 Å². The number of piperidine rings is 1. The van der Waals surface area contributed by atoms with Crippen molar-refractivity contribution < 1.29 is 9.84 Å². The van der Waals surface area contributed by atoms with Gasteiger partial charge in [-0.05, 0) is 82.7 Å². The van der Waals surface area contributed by atoms with Crippen molar-refractivity contribution in [3.63, 3.8) is 0 Å². The van der Waals surface area contributed by atoms with Crippen molar-refractivity contribution >= 4 is 0 Å². The first-order chi connectivity index (χ1) is 17.9. The summed E-state index contributed by atoms with van der Waals surface area (Å²) < 4.78 is 6.44. The van der Waals surface area contributed by atoms with E-state index in [2.05, 4.69) is 62.3 Å². The van der Waals surface area contributed by atoms with Crippen molar-refractivity contribution in [1.29, 1.82) is 0 Å². The molecule has 2 aliphatic rings. The lowest BCUT2D eigenvalue weighted by atomic mass is 9.83. The topological polar surface area (TPSA) is 58.7 Å². The quantitative estimate of drug-likeness (QED) is 0.280. The molecule has 0 amide bonds. The Morgan fingerprint density at radius 3 is 2.41 bits per heavy atom. The minimum absolute atomic E-state index is 0.119. The van der Waals surface area contributed by atoms with Gasteiger partial charge in [0.1, 0.15) is 5.75 Å². The summed E-state index contributed by atoms with van der Waals surface area (Å²) in [5.74, 6) is 0.930. The van der Waals surface area contributed by atoms with Gasteiger partial charge >= 0.3 is 0 Å². The number of fused-ring (bicyclic) bond motifs is 1. The van der Waals surface area contributed by atoms with Crippen LogP contribution in [0.1, 0.15) is 76.7 Å². The van der Waals surface area contributed by atoms with E-state index in [-0.39, 0.29) is 12.2 Å². The van der Waals surface area contributed by atoms with Gasteiger partial charge in [0.2, 0.25) is 0 Å². The number of hydrogen-bond acceptors (Lipinski definition) is 4. The second-order valence-corrected chi connectivity index (χ2v) is 9.64. The Hall–Kier alpha value is -2.40. The number of aryl methyl sites for hydroxylation is 1. The summed E-state index contributed by atoms with van der Waals surface area (Å²) in [5.41, 5.74) is 11.7. The van der Waals surface area contributed by atoms with Crippen LogP contribution in [0.2, 0.25) is 0 Å². The Kier molecular flexibility index (Phi) is 15.8. The van der Waals surface area contributed by atoms with Gasteiger partial charge in [-0.3, -0.25) is 4.90 Å². The highest BCUT2D eigenvalue weighted by molar-refractivity contribution is 5.47. The lowest BCUT2D eigenvalue weighted by Gasteiger charge is -2.40. The van der Waals surface area contributed by atoms with Gasteiger partial charge in [0.05, 0.1) is 12.2 Å². The maximum Gasteiger partial charge on any atom is 0.122 e. The molecule has 2 unspecified atom stereocenters. The molecule has 1 aromatic carbocycles. The normalized spacial score (nSPS) is 20.8. The van der Waals surface area contributed by atoms with Gasteiger partial charge in [-0.25, -0.2) is 0 Å². The van der Waals surface area contributed by atoms with Crippen molar-refractivity contribution in [2.45, 2.75) is 79.4 Å². The summed E-state index contributed by atoms with van der Waals surface area (Å²) in [6.45, 7) is 22.8. The van der Waals surface area contributed by atoms with Crippen LogP contribution in [0.4, 0.5) is 0 Å². The molecule has 4 heteroatoms. The van der Waals surface area contributed by atoms with Crippen molar-refractivity contribution in [1.82, 2.24) is 4.90 Å². The highest BCUT2D eigenvalue weighted by Gasteiger charge is 2.35. The number of likely N-dealkylation sites (tertiary alicyclic amines) is 1. The van der Waals surface area contributed by atoms with E-state index in [9.17, 15) is 5.11 Å². The molecular formula is C33H52N2O2. The Morgan fingerprint density at radius 2 is 1.84 bits per heavy atom. The third kappa shape index (κ3) is 10.1. The fourth-order valence-electron chi connectivity index (χ4n) is 4.93. The molecule has 3 N–H and O–H groups in total. The number of rotatable bonds is 8. The zero-order valence-corrected chi connectivity index (χ0v) is 24.3. The first kappa shape index (κ1) is 32.6. The van der Waals surface area contributed by atoms with E-state index >= 15 is 0 Å². The monoisotopic (exact) mass is 508 g/mol. The Balaban J connectivity index is 0.00000127. The average Bonchev–Trinajstić information content (AvgIpc) is 2.92. The van der Waals surface area contributed by atoms with Crippen molar-refractivity contribution in [2.75, 3.05) is 26.2 Å². The standard InChI is InChI=1S/C28H40N2O2.C3H6.C2H6/c1-5-8-20(3)9-7-10-22(6-2)19-30-15-13-23(14-16-30)26-17-25-24(27(18-29)32-26)12-11-21(4)28(25)31;1-3-2;1-2/h5-8,10-12,23,26-27,31H,1,9,13-19,29H2,2-4H3;3H,1H2,2H3;1-2H3/b10-7-,20-8+,22-6+;;. The predicted octanol–water partition coefficient (Wildman–Crippen LogP) is 7.60. The first-order valence-electron chi connectivity index (χ1n) is 13.9. The third-order valence-corrected chi connectivity index (χ3v) is 6.94. The molecule has 1 fully saturated rings. The molecular weight excluding hydrogens is 456 g/mol. The van der Waals surface area contributed by atoms with Crippen LogP contribution >= 0.6 is 0 Å². The van der Waals surface area contributed by atoms with E-state index in [0.717, 1.165) is 62.0 Å². The minimum atomic E-state index is -0.119. The molecule has 0 spiro atoms. The van der Waals surface area contributed by atoms with Crippen LogP contribution in [0, 0.1) is 12.8 Å². The number of allylic oxidation sites excluding steroid dienone is 6. The molecule has 0 aromatic heterocycles. The number of nitrogens with two attached hydrogens (primary N) is 1. The molecule has 0 aliphatic carbocycles. The zero-order chi connectivity index (χ0) is 27.8. The van der Waals surface area contributed by atoms with Crippen LogP contribution in [0.15, 0.2) is 72.9 Å². The fourth-order valence-corrected chi connectivity index (χ4v) is 4.93. The maximum atomic E-state index is 10.7. The number of benzene rings is 1. The number of aromatic hydroxyl groups is 1. The van der Waals surface area contributed by atoms with E-state index in [1.807, 2.05) is 39.8 Å². The SMILES string of the molecule is C=C/C=C(\C)C/C=C\C(=C/C)CN1CCC(C2Cc3c(ccc(C)c3O)C(CN)O2)CC1.C=CC.CC. The number of phenols is 1. The summed E-state index contributed by atoms with van der Waals surface area (Å²) in [5, 5.41) is 10.7. The lowest BCUT2D eigenvalue weighted by Crippen LogP contribution is -2.42. The second kappa shape index (κ2) is 18.0. The predicted molar refractivity (Wildman–Crippen MR) is 161 cm³/mol. The summed E-state index contributed by atoms with van der Waals surface area (Å²) >= 11 is 0. The summed E-state index contributed by atoms with van der Waals surface area (Å²) in [6, 6.07) is 4.03. The minimum Gasteiger partial charge on any atom is -0.507 e. The van der Waals surface area contributed by atoms with Gasteiger partial charge in [0.25, 0.3) is 0 Å². The molecule has 2 heterocycles. The van der Waals surface area contributed by atoms with Crippen LogP contribution in [-0.4, -0.2) is 42.3 Å². The Morgan fingerprint density at radius 1 is 1.19 bits per heavy atom. The number of ether oxygens (including phenoxy) is 1. The van der Waals surface area contributed by atoms with Gasteiger partial charge in [-0.1, -0.05) is 74.6 Å². The van der Waals surface area contributed by atoms with Crippen molar-refractivity contribution in [3.05, 3.63) is 89.6 Å². The van der Waals surface area contributed by atoms with E-state index in [0.29, 0.717) is 18.2 Å². The van der Waals surface area contributed by atoms with Crippen LogP contribution in [0.3, 0.4) is 0 Å². The van der Waals surface area contributed by atoms with E-state index in [4.69, 9.17) is 10.5 Å². The number of nitrogens with zero attached hydrogens (tertiary/aromatic N) is 1. The van der Waals surface area contributed by atoms with E-state index in [1.165, 1.54) is 11.1 Å². The highest BCUT2D eigenvalue weighted by atomic mass is 16.5. The van der Waals surface area contributed by atoms with Crippen molar-refractivity contribution in [3.8, 4) is 5.75 Å². The smallest absolute Gasteiger partial charge is 0.122 e. The van der Waals surface area contributed by atoms with E-state index < -0.39 is 0 Å². The van der Waals surface area contributed by atoms with Crippen molar-refractivity contribution in [2.24, 2.45) is 11.7 Å². The van der Waals surface area contributed by atoms with Crippen LogP contribution in [0.5, 0.6) is 5.75 Å². The number of hydrogen-bond donors (Lipinski definition) is 2. The molecule has 1 aromatic rings. The summed E-state index contributed by atoms with van der Waals surface area (Å²) in [6.07, 6.45) is 16.4. The van der Waals surface area contributed by atoms with Gasteiger partial charge in [0.15, 0.2) is 0 Å². The number of phenolic OH excluding ortho intramolecular Hbond substituents is 1. The molecule has 2 aliphatic heterocycles. The molecule has 4 nitrogen and oxygen atoms in total. The molecule has 1 saturated heterocycles. The third-order valence-electron chi connectivity index (χ3n) is 6.94. The molecule has 0 saturated carbocycles. The molecule has 206 valence electrons. The van der Waals surface area contributed by atoms with Crippen LogP contribution in [0.25, 0.3) is 0 Å². The first-order valence-corrected chi connectivity index (χ1v) is 13.9. The van der Waals surface area contributed by atoms with Gasteiger partial charge in [-0.2, -0.15) is 0 Å². The lowest BCUT2D eigenvalue weighted by molar-refractivity contribution is -0.0642.